The average molecular weight is 308 g/mol. The molecule has 0 aliphatic heterocycles. The first-order valence-electron chi connectivity index (χ1n) is 7.35. The van der Waals surface area contributed by atoms with Crippen molar-refractivity contribution in [2.75, 3.05) is 0 Å². The minimum atomic E-state index is 0.115. The molecule has 0 radical (unpaired) electrons. The van der Waals surface area contributed by atoms with Crippen LogP contribution in [0.15, 0.2) is 4.79 Å². The number of hydrogen-bond acceptors (Lipinski definition) is 3. The van der Waals surface area contributed by atoms with Crippen molar-refractivity contribution >= 4 is 33.8 Å². The summed E-state index contributed by atoms with van der Waals surface area (Å²) in [5, 5.41) is 0.905. The van der Waals surface area contributed by atoms with Crippen LogP contribution in [0, 0.1) is 10.7 Å². The Labute approximate surface area is 127 Å². The molecule has 0 atom stereocenters. The fraction of sp³-hybridized carbons (Fsp3) is 0.600. The van der Waals surface area contributed by atoms with Gasteiger partial charge in [-0.15, -0.1) is 11.3 Å². The smallest absolute Gasteiger partial charge is 0.263 e. The summed E-state index contributed by atoms with van der Waals surface area (Å²) in [6, 6.07) is 0. The Balaban J connectivity index is 2.17. The number of rotatable bonds is 3. The van der Waals surface area contributed by atoms with Crippen LogP contribution in [-0.2, 0) is 19.4 Å². The van der Waals surface area contributed by atoms with E-state index in [-0.39, 0.29) is 5.56 Å². The molecule has 0 amide bonds. The zero-order valence-corrected chi connectivity index (χ0v) is 13.6. The van der Waals surface area contributed by atoms with Gasteiger partial charge in [-0.25, -0.2) is 0 Å². The van der Waals surface area contributed by atoms with E-state index in [1.165, 1.54) is 23.3 Å². The average Bonchev–Trinajstić information content (AvgIpc) is 2.75. The SMILES string of the molecule is CC(C)CCn1c(=S)[nH]c2sc3c(c2c1=O)CCCC3. The summed E-state index contributed by atoms with van der Waals surface area (Å²) in [6.07, 6.45) is 5.57. The van der Waals surface area contributed by atoms with Crippen LogP contribution in [0.2, 0.25) is 0 Å². The number of nitrogens with zero attached hydrogens (tertiary/aromatic N) is 1. The number of fused-ring (bicyclic) bond motifs is 3. The first kappa shape index (κ1) is 14.0. The van der Waals surface area contributed by atoms with Crippen molar-refractivity contribution in [2.45, 2.75) is 52.5 Å². The molecule has 2 aromatic rings. The van der Waals surface area contributed by atoms with Crippen molar-refractivity contribution < 1.29 is 0 Å². The van der Waals surface area contributed by atoms with Crippen molar-refractivity contribution in [3.8, 4) is 0 Å². The quantitative estimate of drug-likeness (QED) is 0.869. The van der Waals surface area contributed by atoms with E-state index < -0.39 is 0 Å². The van der Waals surface area contributed by atoms with Gasteiger partial charge in [-0.1, -0.05) is 13.8 Å². The normalized spacial score (nSPS) is 14.9. The number of hydrogen-bond donors (Lipinski definition) is 1. The Hall–Kier alpha value is -0.940. The summed E-state index contributed by atoms with van der Waals surface area (Å²) in [6.45, 7) is 5.05. The van der Waals surface area contributed by atoms with Crippen LogP contribution in [0.3, 0.4) is 0 Å². The van der Waals surface area contributed by atoms with Crippen molar-refractivity contribution in [3.05, 3.63) is 25.6 Å². The Morgan fingerprint density at radius 1 is 1.35 bits per heavy atom. The summed E-state index contributed by atoms with van der Waals surface area (Å²) in [5.41, 5.74) is 1.40. The molecule has 2 aromatic heterocycles. The van der Waals surface area contributed by atoms with E-state index in [4.69, 9.17) is 12.2 Å². The van der Waals surface area contributed by atoms with E-state index in [1.54, 1.807) is 15.9 Å². The predicted molar refractivity (Wildman–Crippen MR) is 87.4 cm³/mol. The summed E-state index contributed by atoms with van der Waals surface area (Å²) < 4.78 is 2.32. The molecule has 0 fully saturated rings. The summed E-state index contributed by atoms with van der Waals surface area (Å²) in [4.78, 5) is 18.4. The van der Waals surface area contributed by atoms with Gasteiger partial charge in [0, 0.05) is 11.4 Å². The third-order valence-electron chi connectivity index (χ3n) is 4.03. The predicted octanol–water partition coefficient (Wildman–Crippen LogP) is 4.05. The van der Waals surface area contributed by atoms with Gasteiger partial charge in [0.15, 0.2) is 4.77 Å². The molecule has 1 aliphatic rings. The van der Waals surface area contributed by atoms with Gasteiger partial charge in [0.1, 0.15) is 4.83 Å². The molecule has 3 nitrogen and oxygen atoms in total. The van der Waals surface area contributed by atoms with Crippen LogP contribution in [-0.4, -0.2) is 9.55 Å². The van der Waals surface area contributed by atoms with Crippen LogP contribution in [0.4, 0.5) is 0 Å². The molecular weight excluding hydrogens is 288 g/mol. The maximum Gasteiger partial charge on any atom is 0.263 e. The molecule has 0 bridgehead atoms. The van der Waals surface area contributed by atoms with Crippen molar-refractivity contribution in [2.24, 2.45) is 5.92 Å². The maximum absolute atomic E-state index is 12.8. The first-order chi connectivity index (χ1) is 9.58. The number of thiophene rings is 1. The van der Waals surface area contributed by atoms with Crippen LogP contribution in [0.25, 0.3) is 10.2 Å². The first-order valence-corrected chi connectivity index (χ1v) is 8.57. The maximum atomic E-state index is 12.8. The fourth-order valence-electron chi connectivity index (χ4n) is 2.86. The highest BCUT2D eigenvalue weighted by Gasteiger charge is 2.20. The largest absolute Gasteiger partial charge is 0.323 e. The van der Waals surface area contributed by atoms with E-state index in [1.807, 2.05) is 0 Å². The molecule has 1 N–H and O–H groups in total. The topological polar surface area (TPSA) is 37.8 Å². The standard InChI is InChI=1S/C15H20N2OS2/c1-9(2)7-8-17-14(18)12-10-5-3-4-6-11(10)20-13(12)16-15(17)19/h9H,3-8H2,1-2H3,(H,16,19). The lowest BCUT2D eigenvalue weighted by atomic mass is 9.97. The van der Waals surface area contributed by atoms with Crippen LogP contribution in [0.1, 0.15) is 43.6 Å². The molecular formula is C15H20N2OS2. The molecule has 0 spiro atoms. The van der Waals surface area contributed by atoms with Crippen LogP contribution >= 0.6 is 23.6 Å². The molecule has 0 saturated carbocycles. The van der Waals surface area contributed by atoms with E-state index in [2.05, 4.69) is 18.8 Å². The zero-order chi connectivity index (χ0) is 14.3. The number of aryl methyl sites for hydroxylation is 2. The lowest BCUT2D eigenvalue weighted by molar-refractivity contribution is 0.502. The monoisotopic (exact) mass is 308 g/mol. The van der Waals surface area contributed by atoms with E-state index >= 15 is 0 Å². The van der Waals surface area contributed by atoms with Gasteiger partial charge in [-0.3, -0.25) is 9.36 Å². The molecule has 0 saturated heterocycles. The Morgan fingerprint density at radius 2 is 2.10 bits per heavy atom. The van der Waals surface area contributed by atoms with E-state index in [0.717, 1.165) is 29.5 Å². The number of nitrogens with one attached hydrogen (secondary N) is 1. The minimum Gasteiger partial charge on any atom is -0.323 e. The van der Waals surface area contributed by atoms with E-state index in [0.29, 0.717) is 17.2 Å². The zero-order valence-electron chi connectivity index (χ0n) is 12.0. The van der Waals surface area contributed by atoms with Gasteiger partial charge in [-0.05, 0) is 55.8 Å². The molecule has 2 heterocycles. The Bertz CT molecular complexity index is 752. The molecule has 1 aliphatic carbocycles. The second-order valence-electron chi connectivity index (χ2n) is 5.98. The van der Waals surface area contributed by atoms with Gasteiger partial charge >= 0.3 is 0 Å². The second kappa shape index (κ2) is 5.45. The summed E-state index contributed by atoms with van der Waals surface area (Å²) in [5.74, 6) is 0.573. The Kier molecular flexibility index (Phi) is 3.82. The highest BCUT2D eigenvalue weighted by Crippen LogP contribution is 2.33. The minimum absolute atomic E-state index is 0.115. The highest BCUT2D eigenvalue weighted by molar-refractivity contribution is 7.71. The second-order valence-corrected chi connectivity index (χ2v) is 7.48. The number of H-pyrrole nitrogens is 1. The Morgan fingerprint density at radius 3 is 2.85 bits per heavy atom. The van der Waals surface area contributed by atoms with E-state index in [9.17, 15) is 4.79 Å². The van der Waals surface area contributed by atoms with Crippen molar-refractivity contribution in [1.29, 1.82) is 0 Å². The van der Waals surface area contributed by atoms with Gasteiger partial charge in [0.2, 0.25) is 0 Å². The molecule has 3 rings (SSSR count). The third kappa shape index (κ3) is 2.37. The molecule has 5 heteroatoms. The summed E-state index contributed by atoms with van der Waals surface area (Å²) >= 11 is 7.10. The lowest BCUT2D eigenvalue weighted by Gasteiger charge is -2.11. The highest BCUT2D eigenvalue weighted by atomic mass is 32.1. The third-order valence-corrected chi connectivity index (χ3v) is 5.56. The number of aromatic nitrogens is 2. The lowest BCUT2D eigenvalue weighted by Crippen LogP contribution is -2.23. The number of aromatic amines is 1. The van der Waals surface area contributed by atoms with Gasteiger partial charge < -0.3 is 4.98 Å². The van der Waals surface area contributed by atoms with Crippen LogP contribution in [0.5, 0.6) is 0 Å². The molecule has 20 heavy (non-hydrogen) atoms. The van der Waals surface area contributed by atoms with Gasteiger partial charge in [0.05, 0.1) is 5.39 Å². The molecule has 0 unspecified atom stereocenters. The van der Waals surface area contributed by atoms with Gasteiger partial charge in [-0.2, -0.15) is 0 Å². The summed E-state index contributed by atoms with van der Waals surface area (Å²) in [7, 11) is 0. The molecule has 0 aromatic carbocycles. The van der Waals surface area contributed by atoms with Crippen molar-refractivity contribution in [1.82, 2.24) is 9.55 Å². The molecule has 108 valence electrons. The van der Waals surface area contributed by atoms with Crippen LogP contribution < -0.4 is 5.56 Å². The van der Waals surface area contributed by atoms with Crippen molar-refractivity contribution in [3.63, 3.8) is 0 Å². The fourth-order valence-corrected chi connectivity index (χ4v) is 4.48. The van der Waals surface area contributed by atoms with Gasteiger partial charge in [0.25, 0.3) is 5.56 Å².